The average Bonchev–Trinajstić information content (AvgIpc) is 2.76. The number of nitrogens with zero attached hydrogens (tertiary/aromatic N) is 1. The number of thiazole rings is 1. The van der Waals surface area contributed by atoms with Gasteiger partial charge in [0.15, 0.2) is 5.13 Å². The molecular weight excluding hydrogens is 256 g/mol. The summed E-state index contributed by atoms with van der Waals surface area (Å²) in [5.41, 5.74) is 2.81. The van der Waals surface area contributed by atoms with Crippen LogP contribution in [0.15, 0.2) is 17.5 Å². The molecule has 17 heavy (non-hydrogen) atoms. The zero-order valence-electron chi connectivity index (χ0n) is 9.87. The van der Waals surface area contributed by atoms with Crippen LogP contribution in [0.1, 0.15) is 5.56 Å². The van der Waals surface area contributed by atoms with Gasteiger partial charge in [0, 0.05) is 23.0 Å². The highest BCUT2D eigenvalue weighted by Crippen LogP contribution is 2.36. The van der Waals surface area contributed by atoms with Gasteiger partial charge in [-0.25, -0.2) is 4.98 Å². The van der Waals surface area contributed by atoms with Gasteiger partial charge >= 0.3 is 0 Å². The van der Waals surface area contributed by atoms with Crippen molar-refractivity contribution in [2.45, 2.75) is 6.92 Å². The zero-order valence-corrected chi connectivity index (χ0v) is 11.4. The molecule has 90 valence electrons. The smallest absolute Gasteiger partial charge is 0.182 e. The van der Waals surface area contributed by atoms with Crippen molar-refractivity contribution in [1.29, 1.82) is 0 Å². The molecule has 0 bridgehead atoms. The van der Waals surface area contributed by atoms with E-state index in [9.17, 15) is 0 Å². The van der Waals surface area contributed by atoms with Crippen molar-refractivity contribution >= 4 is 28.1 Å². The topological polar surface area (TPSA) is 34.2 Å². The molecule has 1 aromatic heterocycles. The van der Waals surface area contributed by atoms with E-state index in [1.165, 1.54) is 0 Å². The van der Waals surface area contributed by atoms with Crippen molar-refractivity contribution in [3.63, 3.8) is 0 Å². The summed E-state index contributed by atoms with van der Waals surface area (Å²) >= 11 is 7.63. The maximum Gasteiger partial charge on any atom is 0.182 e. The van der Waals surface area contributed by atoms with Crippen LogP contribution in [0.5, 0.6) is 5.75 Å². The fraction of sp³-hybridized carbons (Fsp3) is 0.250. The first kappa shape index (κ1) is 12.2. The summed E-state index contributed by atoms with van der Waals surface area (Å²) in [5, 5.41) is 6.57. The third kappa shape index (κ3) is 2.37. The van der Waals surface area contributed by atoms with E-state index in [1.54, 1.807) is 18.4 Å². The summed E-state index contributed by atoms with van der Waals surface area (Å²) in [6, 6.07) is 3.76. The number of anilines is 1. The lowest BCUT2D eigenvalue weighted by Crippen LogP contribution is -1.92. The van der Waals surface area contributed by atoms with Crippen molar-refractivity contribution in [3.05, 3.63) is 28.1 Å². The van der Waals surface area contributed by atoms with Crippen LogP contribution in [-0.4, -0.2) is 19.1 Å². The minimum absolute atomic E-state index is 0.692. The van der Waals surface area contributed by atoms with Crippen molar-refractivity contribution < 1.29 is 4.74 Å². The monoisotopic (exact) mass is 268 g/mol. The fourth-order valence-corrected chi connectivity index (χ4v) is 2.65. The summed E-state index contributed by atoms with van der Waals surface area (Å²) in [5.74, 6) is 0.822. The molecule has 1 N–H and O–H groups in total. The Morgan fingerprint density at radius 3 is 2.76 bits per heavy atom. The number of ether oxygens (including phenoxy) is 1. The van der Waals surface area contributed by atoms with E-state index in [2.05, 4.69) is 10.3 Å². The maximum absolute atomic E-state index is 6.07. The molecule has 0 unspecified atom stereocenters. The van der Waals surface area contributed by atoms with Crippen LogP contribution in [0.3, 0.4) is 0 Å². The first-order valence-electron chi connectivity index (χ1n) is 5.13. The molecule has 0 spiro atoms. The second kappa shape index (κ2) is 4.94. The fourth-order valence-electron chi connectivity index (χ4n) is 1.70. The molecule has 0 saturated heterocycles. The minimum atomic E-state index is 0.692. The Balaban J connectivity index is 2.57. The van der Waals surface area contributed by atoms with Gasteiger partial charge in [-0.05, 0) is 24.6 Å². The van der Waals surface area contributed by atoms with Crippen LogP contribution in [0.25, 0.3) is 11.3 Å². The quantitative estimate of drug-likeness (QED) is 0.919. The van der Waals surface area contributed by atoms with Crippen LogP contribution >= 0.6 is 22.9 Å². The van der Waals surface area contributed by atoms with Crippen molar-refractivity contribution in [2.75, 3.05) is 19.5 Å². The third-order valence-electron chi connectivity index (χ3n) is 2.44. The van der Waals surface area contributed by atoms with Crippen LogP contribution in [0.2, 0.25) is 5.02 Å². The molecule has 0 aliphatic rings. The summed E-state index contributed by atoms with van der Waals surface area (Å²) < 4.78 is 5.41. The summed E-state index contributed by atoms with van der Waals surface area (Å²) in [6.45, 7) is 1.97. The molecule has 2 rings (SSSR count). The summed E-state index contributed by atoms with van der Waals surface area (Å²) in [4.78, 5) is 4.46. The lowest BCUT2D eigenvalue weighted by atomic mass is 10.1. The number of halogens is 1. The minimum Gasteiger partial charge on any atom is -0.496 e. The number of methoxy groups -OCH3 is 1. The van der Waals surface area contributed by atoms with Gasteiger partial charge in [-0.15, -0.1) is 11.3 Å². The number of aromatic nitrogens is 1. The van der Waals surface area contributed by atoms with Crippen LogP contribution < -0.4 is 10.1 Å². The Morgan fingerprint density at radius 2 is 2.18 bits per heavy atom. The molecule has 2 aromatic rings. The molecule has 0 aliphatic carbocycles. The molecule has 1 heterocycles. The Hall–Kier alpha value is -1.26. The first-order valence-corrected chi connectivity index (χ1v) is 6.39. The van der Waals surface area contributed by atoms with E-state index in [0.29, 0.717) is 5.02 Å². The van der Waals surface area contributed by atoms with E-state index in [4.69, 9.17) is 16.3 Å². The van der Waals surface area contributed by atoms with E-state index >= 15 is 0 Å². The Bertz CT molecular complexity index is 539. The number of rotatable bonds is 3. The van der Waals surface area contributed by atoms with Gasteiger partial charge in [0.25, 0.3) is 0 Å². The average molecular weight is 269 g/mol. The van der Waals surface area contributed by atoms with Gasteiger partial charge in [0.1, 0.15) is 5.75 Å². The molecule has 0 saturated carbocycles. The third-order valence-corrected chi connectivity index (χ3v) is 3.52. The highest BCUT2D eigenvalue weighted by Gasteiger charge is 2.13. The number of hydrogen-bond acceptors (Lipinski definition) is 4. The molecule has 0 atom stereocenters. The lowest BCUT2D eigenvalue weighted by Gasteiger charge is -2.10. The zero-order chi connectivity index (χ0) is 12.4. The number of hydrogen-bond donors (Lipinski definition) is 1. The van der Waals surface area contributed by atoms with Crippen molar-refractivity contribution in [3.8, 4) is 17.0 Å². The predicted octanol–water partition coefficient (Wildman–Crippen LogP) is 3.82. The highest BCUT2D eigenvalue weighted by atomic mass is 35.5. The van der Waals surface area contributed by atoms with Crippen LogP contribution in [-0.2, 0) is 0 Å². The summed E-state index contributed by atoms with van der Waals surface area (Å²) in [7, 11) is 3.51. The molecule has 0 fully saturated rings. The van der Waals surface area contributed by atoms with Crippen LogP contribution in [0.4, 0.5) is 5.13 Å². The first-order chi connectivity index (χ1) is 8.15. The second-order valence-electron chi connectivity index (χ2n) is 3.59. The maximum atomic E-state index is 6.07. The van der Waals surface area contributed by atoms with Gasteiger partial charge < -0.3 is 10.1 Å². The van der Waals surface area contributed by atoms with Crippen molar-refractivity contribution in [1.82, 2.24) is 4.98 Å². The second-order valence-corrected chi connectivity index (χ2v) is 4.89. The number of aryl methyl sites for hydroxylation is 1. The van der Waals surface area contributed by atoms with Crippen LogP contribution in [0, 0.1) is 6.92 Å². The lowest BCUT2D eigenvalue weighted by molar-refractivity contribution is 0.413. The highest BCUT2D eigenvalue weighted by molar-refractivity contribution is 7.14. The van der Waals surface area contributed by atoms with Gasteiger partial charge in [0.05, 0.1) is 12.8 Å². The molecular formula is C12H13ClN2OS. The Morgan fingerprint density at radius 1 is 1.41 bits per heavy atom. The van der Waals surface area contributed by atoms with Gasteiger partial charge in [-0.3, -0.25) is 0 Å². The largest absolute Gasteiger partial charge is 0.496 e. The van der Waals surface area contributed by atoms with E-state index in [0.717, 1.165) is 27.7 Å². The SMILES string of the molecule is CNc1nc(-c2cc(Cl)cc(C)c2OC)cs1. The Labute approximate surface area is 109 Å². The molecule has 5 heteroatoms. The molecule has 0 amide bonds. The standard InChI is InChI=1S/C12H13ClN2OS/c1-7-4-8(13)5-9(11(7)16-3)10-6-17-12(14-2)15-10/h4-6H,1-3H3,(H,14,15). The predicted molar refractivity (Wildman–Crippen MR) is 73.4 cm³/mol. The Kier molecular flexibility index (Phi) is 3.54. The van der Waals surface area contributed by atoms with E-state index in [-0.39, 0.29) is 0 Å². The molecule has 1 aromatic carbocycles. The molecule has 0 aliphatic heterocycles. The number of benzene rings is 1. The van der Waals surface area contributed by atoms with Gasteiger partial charge in [0.2, 0.25) is 0 Å². The number of nitrogens with one attached hydrogen (secondary N) is 1. The normalized spacial score (nSPS) is 10.4. The molecule has 0 radical (unpaired) electrons. The summed E-state index contributed by atoms with van der Waals surface area (Å²) in [6.07, 6.45) is 0. The van der Waals surface area contributed by atoms with E-state index < -0.39 is 0 Å². The van der Waals surface area contributed by atoms with Crippen molar-refractivity contribution in [2.24, 2.45) is 0 Å². The van der Waals surface area contributed by atoms with Gasteiger partial charge in [-0.1, -0.05) is 11.6 Å². The van der Waals surface area contributed by atoms with E-state index in [1.807, 2.05) is 31.5 Å². The van der Waals surface area contributed by atoms with Gasteiger partial charge in [-0.2, -0.15) is 0 Å². The molecule has 3 nitrogen and oxygen atoms in total.